The van der Waals surface area contributed by atoms with Crippen LogP contribution in [0.3, 0.4) is 0 Å². The zero-order chi connectivity index (χ0) is 20.1. The summed E-state index contributed by atoms with van der Waals surface area (Å²) in [4.78, 5) is 36.4. The number of carbonyl (C=O) groups excluding carboxylic acids is 3. The highest BCUT2D eigenvalue weighted by Crippen LogP contribution is 2.19. The fraction of sp³-hybridized carbons (Fsp3) is 0.238. The molecule has 0 fully saturated rings. The van der Waals surface area contributed by atoms with E-state index in [0.29, 0.717) is 29.2 Å². The van der Waals surface area contributed by atoms with Gasteiger partial charge in [0.1, 0.15) is 5.84 Å². The summed E-state index contributed by atoms with van der Waals surface area (Å²) in [5.41, 5.74) is 1.69. The molecule has 0 atom stereocenters. The number of amidine groups is 1. The minimum atomic E-state index is -0.360. The average Bonchev–Trinajstić information content (AvgIpc) is 3.02. The van der Waals surface area contributed by atoms with Gasteiger partial charge >= 0.3 is 0 Å². The number of nitrogens with zero attached hydrogens (tertiary/aromatic N) is 2. The molecule has 2 aromatic carbocycles. The lowest BCUT2D eigenvalue weighted by Gasteiger charge is -2.10. The Morgan fingerprint density at radius 3 is 2.36 bits per heavy atom. The summed E-state index contributed by atoms with van der Waals surface area (Å²) in [5, 5.41) is 11.0. The fourth-order valence-electron chi connectivity index (χ4n) is 2.76. The fourth-order valence-corrected chi connectivity index (χ4v) is 2.76. The molecule has 0 saturated heterocycles. The van der Waals surface area contributed by atoms with Crippen molar-refractivity contribution < 1.29 is 14.4 Å². The molecule has 0 saturated carbocycles. The highest BCUT2D eigenvalue weighted by atomic mass is 16.2. The van der Waals surface area contributed by atoms with E-state index in [2.05, 4.69) is 15.7 Å². The summed E-state index contributed by atoms with van der Waals surface area (Å²) in [6.07, 6.45) is 0.470. The summed E-state index contributed by atoms with van der Waals surface area (Å²) in [5.74, 6) is -0.0539. The standard InChI is InChI=1S/C21H22N4O3/c1-14(2)12-19(26)22-16-10-8-15(9-11-16)21(28)23-18-13-20(27)25(24-18)17-6-4-3-5-7-17/h3-11,14H,12-13H2,1-2H3,(H,22,26)(H,23,24,28). The first-order valence-corrected chi connectivity index (χ1v) is 9.09. The Morgan fingerprint density at radius 2 is 1.71 bits per heavy atom. The summed E-state index contributed by atoms with van der Waals surface area (Å²) < 4.78 is 0. The van der Waals surface area contributed by atoms with Crippen LogP contribution in [0.4, 0.5) is 11.4 Å². The number of hydrogen-bond acceptors (Lipinski definition) is 4. The Bertz CT molecular complexity index is 905. The van der Waals surface area contributed by atoms with Gasteiger partial charge in [-0.2, -0.15) is 10.1 Å². The lowest BCUT2D eigenvalue weighted by molar-refractivity contribution is -0.117. The van der Waals surface area contributed by atoms with Crippen molar-refractivity contribution in [3.05, 3.63) is 60.2 Å². The van der Waals surface area contributed by atoms with E-state index in [4.69, 9.17) is 0 Å². The summed E-state index contributed by atoms with van der Waals surface area (Å²) >= 11 is 0. The van der Waals surface area contributed by atoms with E-state index >= 15 is 0 Å². The first kappa shape index (κ1) is 19.3. The number of amides is 3. The molecule has 7 nitrogen and oxygen atoms in total. The number of anilines is 2. The van der Waals surface area contributed by atoms with Gasteiger partial charge < -0.3 is 10.6 Å². The number of rotatable bonds is 5. The second-order valence-electron chi connectivity index (χ2n) is 6.94. The van der Waals surface area contributed by atoms with Crippen molar-refractivity contribution in [3.8, 4) is 0 Å². The normalized spacial score (nSPS) is 13.5. The van der Waals surface area contributed by atoms with Crippen LogP contribution in [0.15, 0.2) is 59.7 Å². The molecule has 1 aliphatic heterocycles. The van der Waals surface area contributed by atoms with Crippen LogP contribution in [0.2, 0.25) is 0 Å². The van der Waals surface area contributed by atoms with Crippen LogP contribution in [0.25, 0.3) is 0 Å². The van der Waals surface area contributed by atoms with Gasteiger partial charge in [-0.15, -0.1) is 0 Å². The largest absolute Gasteiger partial charge is 0.326 e. The van der Waals surface area contributed by atoms with Crippen LogP contribution < -0.4 is 15.6 Å². The second-order valence-corrected chi connectivity index (χ2v) is 6.94. The van der Waals surface area contributed by atoms with Gasteiger partial charge in [0.15, 0.2) is 0 Å². The third kappa shape index (κ3) is 4.82. The zero-order valence-electron chi connectivity index (χ0n) is 15.8. The van der Waals surface area contributed by atoms with Crippen molar-refractivity contribution >= 4 is 34.9 Å². The van der Waals surface area contributed by atoms with Crippen molar-refractivity contribution in [2.75, 3.05) is 10.3 Å². The molecule has 2 N–H and O–H groups in total. The van der Waals surface area contributed by atoms with Gasteiger partial charge in [0.25, 0.3) is 11.8 Å². The highest BCUT2D eigenvalue weighted by Gasteiger charge is 2.26. The second kappa shape index (κ2) is 8.47. The molecule has 0 aliphatic carbocycles. The van der Waals surface area contributed by atoms with E-state index in [-0.39, 0.29) is 30.1 Å². The van der Waals surface area contributed by atoms with Crippen molar-refractivity contribution in [3.63, 3.8) is 0 Å². The molecular weight excluding hydrogens is 356 g/mol. The Morgan fingerprint density at radius 1 is 1.04 bits per heavy atom. The molecule has 28 heavy (non-hydrogen) atoms. The topological polar surface area (TPSA) is 90.9 Å². The molecule has 3 amide bonds. The Labute approximate surface area is 163 Å². The van der Waals surface area contributed by atoms with E-state index in [1.54, 1.807) is 36.4 Å². The van der Waals surface area contributed by atoms with Crippen LogP contribution in [-0.4, -0.2) is 23.6 Å². The van der Waals surface area contributed by atoms with Gasteiger partial charge in [-0.1, -0.05) is 32.0 Å². The number of hydrogen-bond donors (Lipinski definition) is 2. The number of hydrazone groups is 1. The van der Waals surface area contributed by atoms with Gasteiger partial charge in [-0.25, -0.2) is 0 Å². The Kier molecular flexibility index (Phi) is 5.84. The van der Waals surface area contributed by atoms with Gasteiger partial charge in [0.05, 0.1) is 12.1 Å². The minimum absolute atomic E-state index is 0.0317. The molecule has 0 aromatic heterocycles. The van der Waals surface area contributed by atoms with Gasteiger partial charge in [-0.05, 0) is 42.3 Å². The lowest BCUT2D eigenvalue weighted by atomic mass is 10.1. The molecule has 1 heterocycles. The molecule has 0 spiro atoms. The maximum atomic E-state index is 12.4. The monoisotopic (exact) mass is 378 g/mol. The molecule has 2 aromatic rings. The maximum absolute atomic E-state index is 12.4. The summed E-state index contributed by atoms with van der Waals surface area (Å²) in [6.45, 7) is 3.95. The predicted molar refractivity (Wildman–Crippen MR) is 108 cm³/mol. The van der Waals surface area contributed by atoms with E-state index in [1.807, 2.05) is 32.0 Å². The number of benzene rings is 2. The SMILES string of the molecule is CC(C)CC(=O)Nc1ccc(C(=O)NC2=NN(c3ccccc3)C(=O)C2)cc1. The number of nitrogens with one attached hydrogen (secondary N) is 2. The molecule has 7 heteroatoms. The zero-order valence-corrected chi connectivity index (χ0v) is 15.8. The lowest BCUT2D eigenvalue weighted by Crippen LogP contribution is -2.29. The van der Waals surface area contributed by atoms with Gasteiger partial charge in [0, 0.05) is 17.7 Å². The van der Waals surface area contributed by atoms with Crippen molar-refractivity contribution in [1.82, 2.24) is 5.32 Å². The maximum Gasteiger partial charge on any atom is 0.256 e. The Balaban J connectivity index is 1.62. The van der Waals surface area contributed by atoms with Crippen LogP contribution in [0, 0.1) is 5.92 Å². The third-order valence-electron chi connectivity index (χ3n) is 4.06. The van der Waals surface area contributed by atoms with Gasteiger partial charge in [0.2, 0.25) is 5.91 Å². The molecule has 0 unspecified atom stereocenters. The average molecular weight is 378 g/mol. The van der Waals surface area contributed by atoms with Crippen molar-refractivity contribution in [2.24, 2.45) is 11.0 Å². The Hall–Kier alpha value is -3.48. The minimum Gasteiger partial charge on any atom is -0.326 e. The van der Waals surface area contributed by atoms with Crippen LogP contribution in [-0.2, 0) is 9.59 Å². The van der Waals surface area contributed by atoms with Crippen molar-refractivity contribution in [2.45, 2.75) is 26.7 Å². The predicted octanol–water partition coefficient (Wildman–Crippen LogP) is 3.15. The van der Waals surface area contributed by atoms with E-state index in [0.717, 1.165) is 0 Å². The quantitative estimate of drug-likeness (QED) is 0.837. The highest BCUT2D eigenvalue weighted by molar-refractivity contribution is 6.17. The molecule has 3 rings (SSSR count). The van der Waals surface area contributed by atoms with Crippen LogP contribution >= 0.6 is 0 Å². The third-order valence-corrected chi connectivity index (χ3v) is 4.06. The van der Waals surface area contributed by atoms with Crippen LogP contribution in [0.1, 0.15) is 37.0 Å². The van der Waals surface area contributed by atoms with Crippen LogP contribution in [0.5, 0.6) is 0 Å². The number of carbonyl (C=O) groups is 3. The first-order valence-electron chi connectivity index (χ1n) is 9.09. The summed E-state index contributed by atoms with van der Waals surface area (Å²) in [6, 6.07) is 15.6. The van der Waals surface area contributed by atoms with E-state index in [9.17, 15) is 14.4 Å². The number of para-hydroxylation sites is 1. The van der Waals surface area contributed by atoms with E-state index < -0.39 is 0 Å². The molecular formula is C21H22N4O3. The molecule has 0 bridgehead atoms. The summed E-state index contributed by atoms with van der Waals surface area (Å²) in [7, 11) is 0. The van der Waals surface area contributed by atoms with Crippen molar-refractivity contribution in [1.29, 1.82) is 0 Å². The van der Waals surface area contributed by atoms with Gasteiger partial charge in [-0.3, -0.25) is 14.4 Å². The molecule has 0 radical (unpaired) electrons. The van der Waals surface area contributed by atoms with E-state index in [1.165, 1.54) is 5.01 Å². The smallest absolute Gasteiger partial charge is 0.256 e. The molecule has 144 valence electrons. The molecule has 1 aliphatic rings. The first-order chi connectivity index (χ1) is 13.4.